The molecule has 88 valence electrons. The van der Waals surface area contributed by atoms with Crippen molar-refractivity contribution in [2.75, 3.05) is 0 Å². The van der Waals surface area contributed by atoms with Crippen LogP contribution in [0.15, 0.2) is 33.2 Å². The van der Waals surface area contributed by atoms with E-state index in [9.17, 15) is 4.79 Å². The van der Waals surface area contributed by atoms with E-state index in [0.29, 0.717) is 14.8 Å². The smallest absolute Gasteiger partial charge is 0.204 e. The molecule has 0 spiro atoms. The zero-order valence-corrected chi connectivity index (χ0v) is 15.0. The minimum absolute atomic E-state index is 0.00620. The molecule has 1 heterocycles. The molecule has 2 aromatic rings. The fourth-order valence-electron chi connectivity index (χ4n) is 1.26. The van der Waals surface area contributed by atoms with Crippen LogP contribution in [0.1, 0.15) is 15.2 Å². The summed E-state index contributed by atoms with van der Waals surface area (Å²) in [5.41, 5.74) is 0.686. The van der Waals surface area contributed by atoms with Gasteiger partial charge in [-0.2, -0.15) is 0 Å². The normalized spacial score (nSPS) is 10.6. The minimum atomic E-state index is -0.00620. The van der Waals surface area contributed by atoms with Gasteiger partial charge in [0.1, 0.15) is 4.34 Å². The van der Waals surface area contributed by atoms with Crippen molar-refractivity contribution in [3.63, 3.8) is 0 Å². The highest BCUT2D eigenvalue weighted by Crippen LogP contribution is 2.34. The van der Waals surface area contributed by atoms with Crippen molar-refractivity contribution < 1.29 is 4.79 Å². The van der Waals surface area contributed by atoms with Crippen LogP contribution in [0.3, 0.4) is 0 Å². The lowest BCUT2D eigenvalue weighted by Gasteiger charge is -2.02. The molecule has 6 heteroatoms. The lowest BCUT2D eigenvalue weighted by atomic mass is 10.1. The Morgan fingerprint density at radius 3 is 2.59 bits per heavy atom. The molecular weight excluding hydrogens is 502 g/mol. The van der Waals surface area contributed by atoms with Gasteiger partial charge in [0.05, 0.1) is 4.88 Å². The molecule has 0 amide bonds. The van der Waals surface area contributed by atoms with E-state index in [1.807, 2.05) is 18.2 Å². The van der Waals surface area contributed by atoms with Crippen LogP contribution in [0, 0.1) is 3.57 Å². The van der Waals surface area contributed by atoms with Crippen LogP contribution in [0.25, 0.3) is 0 Å². The SMILES string of the molecule is O=C(c1cc(Br)c(Cl)s1)c1cc(Br)ccc1I. The predicted octanol–water partition coefficient (Wildman–Crippen LogP) is 5.76. The van der Waals surface area contributed by atoms with Crippen molar-refractivity contribution in [1.29, 1.82) is 0 Å². The summed E-state index contributed by atoms with van der Waals surface area (Å²) in [6, 6.07) is 7.40. The zero-order valence-electron chi connectivity index (χ0n) is 8.14. The second kappa shape index (κ2) is 5.69. The van der Waals surface area contributed by atoms with Gasteiger partial charge in [0, 0.05) is 18.1 Å². The molecule has 0 unspecified atom stereocenters. The third-order valence-electron chi connectivity index (χ3n) is 2.04. The fourth-order valence-corrected chi connectivity index (χ4v) is 3.86. The number of ketones is 1. The number of carbonyl (C=O) groups excluding carboxylic acids is 1. The van der Waals surface area contributed by atoms with Crippen molar-refractivity contribution in [2.24, 2.45) is 0 Å². The molecule has 0 radical (unpaired) electrons. The molecular formula is C11H4Br2ClIOS. The van der Waals surface area contributed by atoms with E-state index >= 15 is 0 Å². The maximum atomic E-state index is 12.3. The Kier molecular flexibility index (Phi) is 4.68. The van der Waals surface area contributed by atoms with Gasteiger partial charge >= 0.3 is 0 Å². The van der Waals surface area contributed by atoms with Gasteiger partial charge < -0.3 is 0 Å². The number of rotatable bonds is 2. The van der Waals surface area contributed by atoms with E-state index in [1.165, 1.54) is 11.3 Å². The van der Waals surface area contributed by atoms with Crippen LogP contribution in [0.2, 0.25) is 4.34 Å². The van der Waals surface area contributed by atoms with Crippen molar-refractivity contribution >= 4 is 83.2 Å². The van der Waals surface area contributed by atoms with Crippen molar-refractivity contribution in [3.05, 3.63) is 51.6 Å². The quantitative estimate of drug-likeness (QED) is 0.374. The molecule has 17 heavy (non-hydrogen) atoms. The van der Waals surface area contributed by atoms with Crippen LogP contribution in [-0.4, -0.2) is 5.78 Å². The fraction of sp³-hybridized carbons (Fsp3) is 0. The lowest BCUT2D eigenvalue weighted by Crippen LogP contribution is -2.01. The molecule has 2 rings (SSSR count). The van der Waals surface area contributed by atoms with Crippen LogP contribution in [-0.2, 0) is 0 Å². The van der Waals surface area contributed by atoms with E-state index in [0.717, 1.165) is 12.5 Å². The Balaban J connectivity index is 2.47. The van der Waals surface area contributed by atoms with E-state index in [4.69, 9.17) is 11.6 Å². The second-order valence-electron chi connectivity index (χ2n) is 3.19. The number of thiophene rings is 1. The summed E-state index contributed by atoms with van der Waals surface area (Å²) in [7, 11) is 0. The Morgan fingerprint density at radius 2 is 2.00 bits per heavy atom. The van der Waals surface area contributed by atoms with Crippen molar-refractivity contribution in [2.45, 2.75) is 0 Å². The predicted molar refractivity (Wildman–Crippen MR) is 87.3 cm³/mol. The molecule has 1 nitrogen and oxygen atoms in total. The number of halogens is 4. The van der Waals surface area contributed by atoms with Crippen molar-refractivity contribution in [3.8, 4) is 0 Å². The number of hydrogen-bond acceptors (Lipinski definition) is 2. The van der Waals surface area contributed by atoms with Gasteiger partial charge in [-0.3, -0.25) is 4.79 Å². The van der Waals surface area contributed by atoms with Gasteiger partial charge in [-0.1, -0.05) is 27.5 Å². The highest BCUT2D eigenvalue weighted by Gasteiger charge is 2.17. The van der Waals surface area contributed by atoms with Gasteiger partial charge in [-0.05, 0) is 62.8 Å². The maximum Gasteiger partial charge on any atom is 0.204 e. The van der Waals surface area contributed by atoms with Crippen LogP contribution < -0.4 is 0 Å². The van der Waals surface area contributed by atoms with Gasteiger partial charge in [0.2, 0.25) is 5.78 Å². The third-order valence-corrected chi connectivity index (χ3v) is 5.95. The highest BCUT2D eigenvalue weighted by atomic mass is 127. The van der Waals surface area contributed by atoms with Crippen LogP contribution in [0.4, 0.5) is 0 Å². The van der Waals surface area contributed by atoms with Gasteiger partial charge in [0.25, 0.3) is 0 Å². The minimum Gasteiger partial charge on any atom is -0.288 e. The Hall–Kier alpha value is 0.570. The molecule has 0 atom stereocenters. The molecule has 0 aliphatic rings. The van der Waals surface area contributed by atoms with Gasteiger partial charge in [-0.15, -0.1) is 11.3 Å². The first-order valence-corrected chi connectivity index (χ1v) is 8.29. The molecule has 0 bridgehead atoms. The molecule has 1 aromatic heterocycles. The van der Waals surface area contributed by atoms with E-state index < -0.39 is 0 Å². The van der Waals surface area contributed by atoms with E-state index in [-0.39, 0.29) is 5.78 Å². The summed E-state index contributed by atoms with van der Waals surface area (Å²) in [5.74, 6) is -0.00620. The average molecular weight is 506 g/mol. The Morgan fingerprint density at radius 1 is 1.29 bits per heavy atom. The van der Waals surface area contributed by atoms with Gasteiger partial charge in [0.15, 0.2) is 0 Å². The number of hydrogen-bond donors (Lipinski definition) is 0. The van der Waals surface area contributed by atoms with E-state index in [2.05, 4.69) is 54.5 Å². The first-order chi connectivity index (χ1) is 7.99. The molecule has 0 saturated heterocycles. The average Bonchev–Trinajstić information content (AvgIpc) is 2.62. The van der Waals surface area contributed by atoms with Crippen molar-refractivity contribution in [1.82, 2.24) is 0 Å². The number of benzene rings is 1. The highest BCUT2D eigenvalue weighted by molar-refractivity contribution is 14.1. The van der Waals surface area contributed by atoms with Gasteiger partial charge in [-0.25, -0.2) is 0 Å². The molecule has 0 aliphatic carbocycles. The second-order valence-corrected chi connectivity index (χ2v) is 7.77. The molecule has 1 aromatic carbocycles. The van der Waals surface area contributed by atoms with Crippen LogP contribution >= 0.6 is 77.4 Å². The maximum absolute atomic E-state index is 12.3. The summed E-state index contributed by atoms with van der Waals surface area (Å²) < 4.78 is 3.18. The largest absolute Gasteiger partial charge is 0.288 e. The molecule has 0 aliphatic heterocycles. The first-order valence-electron chi connectivity index (χ1n) is 4.43. The Bertz CT molecular complexity index is 578. The first kappa shape index (κ1) is 14.0. The summed E-state index contributed by atoms with van der Waals surface area (Å²) in [4.78, 5) is 12.9. The third kappa shape index (κ3) is 3.12. The standard InChI is InChI=1S/C11H4Br2ClIOS/c12-5-1-2-8(15)6(3-5)10(16)9-4-7(13)11(14)17-9/h1-4H. The monoisotopic (exact) mass is 504 g/mol. The van der Waals surface area contributed by atoms with Crippen LogP contribution in [0.5, 0.6) is 0 Å². The number of carbonyl (C=O) groups is 1. The molecule has 0 N–H and O–H groups in total. The summed E-state index contributed by atoms with van der Waals surface area (Å²) in [6.07, 6.45) is 0. The molecule has 0 fully saturated rings. The lowest BCUT2D eigenvalue weighted by molar-refractivity contribution is 0.104. The summed E-state index contributed by atoms with van der Waals surface area (Å²) in [6.45, 7) is 0. The topological polar surface area (TPSA) is 17.1 Å². The Labute approximate surface area is 138 Å². The molecule has 0 saturated carbocycles. The van der Waals surface area contributed by atoms with E-state index in [1.54, 1.807) is 6.07 Å². The summed E-state index contributed by atoms with van der Waals surface area (Å²) in [5, 5.41) is 0. The zero-order chi connectivity index (χ0) is 12.6. The summed E-state index contributed by atoms with van der Waals surface area (Å²) >= 11 is 16.0.